The topological polar surface area (TPSA) is 64.9 Å². The lowest BCUT2D eigenvalue weighted by Gasteiger charge is -2.17. The lowest BCUT2D eigenvalue weighted by atomic mass is 9.98. The van der Waals surface area contributed by atoms with Crippen molar-refractivity contribution in [3.63, 3.8) is 0 Å². The van der Waals surface area contributed by atoms with Crippen LogP contribution in [0.4, 0.5) is 0 Å². The van der Waals surface area contributed by atoms with Crippen LogP contribution in [0.15, 0.2) is 22.7 Å². The van der Waals surface area contributed by atoms with E-state index in [1.165, 1.54) is 5.56 Å². The molecule has 19 heavy (non-hydrogen) atoms. The van der Waals surface area contributed by atoms with Crippen molar-refractivity contribution >= 4 is 0 Å². The monoisotopic (exact) mass is 257 g/mol. The van der Waals surface area contributed by atoms with Gasteiger partial charge in [0.2, 0.25) is 0 Å². The third-order valence-corrected chi connectivity index (χ3v) is 3.99. The molecule has 1 aliphatic carbocycles. The minimum Gasteiger partial charge on any atom is -0.334 e. The first kappa shape index (κ1) is 12.4. The zero-order valence-corrected chi connectivity index (χ0v) is 11.4. The van der Waals surface area contributed by atoms with Crippen molar-refractivity contribution in [2.24, 2.45) is 5.73 Å². The normalized spacial score (nSPS) is 17.8. The molecule has 1 fully saturated rings. The van der Waals surface area contributed by atoms with E-state index in [1.54, 1.807) is 0 Å². The molecule has 0 spiro atoms. The number of aryl methyl sites for hydroxylation is 2. The van der Waals surface area contributed by atoms with Gasteiger partial charge in [-0.3, -0.25) is 0 Å². The highest BCUT2D eigenvalue weighted by atomic mass is 16.5. The molecule has 1 aromatic heterocycles. The molecule has 1 heterocycles. The van der Waals surface area contributed by atoms with Crippen molar-refractivity contribution in [3.05, 3.63) is 35.2 Å². The maximum atomic E-state index is 6.35. The fraction of sp³-hybridized carbons (Fsp3) is 0.467. The summed E-state index contributed by atoms with van der Waals surface area (Å²) >= 11 is 0. The first-order valence-electron chi connectivity index (χ1n) is 6.79. The second-order valence-electron chi connectivity index (χ2n) is 5.60. The van der Waals surface area contributed by atoms with Crippen molar-refractivity contribution in [1.82, 2.24) is 10.1 Å². The fourth-order valence-corrected chi connectivity index (χ4v) is 2.73. The first-order chi connectivity index (χ1) is 9.08. The van der Waals surface area contributed by atoms with Crippen LogP contribution in [0.2, 0.25) is 0 Å². The Morgan fingerprint density at radius 2 is 1.95 bits per heavy atom. The van der Waals surface area contributed by atoms with Gasteiger partial charge in [0.1, 0.15) is 0 Å². The molecular formula is C15H19N3O. The third-order valence-electron chi connectivity index (χ3n) is 3.99. The number of aromatic nitrogens is 2. The molecule has 3 rings (SSSR count). The number of nitrogens with zero attached hydrogens (tertiary/aromatic N) is 2. The van der Waals surface area contributed by atoms with E-state index >= 15 is 0 Å². The minimum atomic E-state index is -0.389. The average Bonchev–Trinajstić information content (AvgIpc) is 3.02. The first-order valence-corrected chi connectivity index (χ1v) is 6.79. The summed E-state index contributed by atoms with van der Waals surface area (Å²) in [6.07, 6.45) is 4.17. The number of benzene rings is 1. The highest BCUT2D eigenvalue weighted by Crippen LogP contribution is 2.35. The summed E-state index contributed by atoms with van der Waals surface area (Å²) in [4.78, 5) is 4.53. The van der Waals surface area contributed by atoms with Crippen molar-refractivity contribution < 1.29 is 4.52 Å². The number of rotatable bonds is 2. The quantitative estimate of drug-likeness (QED) is 0.897. The number of nitrogens with two attached hydrogens (primary N) is 1. The predicted octanol–water partition coefficient (Wildman–Crippen LogP) is 3.08. The van der Waals surface area contributed by atoms with Gasteiger partial charge in [-0.15, -0.1) is 0 Å². The van der Waals surface area contributed by atoms with Gasteiger partial charge in [-0.2, -0.15) is 4.98 Å². The molecule has 1 aliphatic rings. The largest absolute Gasteiger partial charge is 0.334 e. The van der Waals surface area contributed by atoms with Crippen LogP contribution in [0, 0.1) is 13.8 Å². The molecule has 0 atom stereocenters. The van der Waals surface area contributed by atoms with Gasteiger partial charge in [-0.1, -0.05) is 35.7 Å². The highest BCUT2D eigenvalue weighted by molar-refractivity contribution is 5.59. The minimum absolute atomic E-state index is 0.389. The molecule has 0 unspecified atom stereocenters. The molecule has 2 N–H and O–H groups in total. The van der Waals surface area contributed by atoms with E-state index in [4.69, 9.17) is 10.3 Å². The second-order valence-corrected chi connectivity index (χ2v) is 5.60. The van der Waals surface area contributed by atoms with E-state index in [9.17, 15) is 0 Å². The van der Waals surface area contributed by atoms with Crippen LogP contribution in [-0.2, 0) is 5.54 Å². The molecule has 1 aromatic carbocycles. The van der Waals surface area contributed by atoms with Gasteiger partial charge in [-0.05, 0) is 38.3 Å². The maximum absolute atomic E-state index is 6.35. The van der Waals surface area contributed by atoms with E-state index in [2.05, 4.69) is 35.3 Å². The van der Waals surface area contributed by atoms with Crippen LogP contribution in [0.1, 0.15) is 42.6 Å². The summed E-state index contributed by atoms with van der Waals surface area (Å²) in [5.41, 5.74) is 9.29. The van der Waals surface area contributed by atoms with Crippen LogP contribution < -0.4 is 5.73 Å². The summed E-state index contributed by atoms with van der Waals surface area (Å²) in [7, 11) is 0. The molecule has 0 bridgehead atoms. The molecule has 0 amide bonds. The molecule has 4 nitrogen and oxygen atoms in total. The Morgan fingerprint density at radius 1 is 1.21 bits per heavy atom. The van der Waals surface area contributed by atoms with E-state index in [0.717, 1.165) is 36.8 Å². The van der Waals surface area contributed by atoms with Crippen LogP contribution >= 0.6 is 0 Å². The Labute approximate surface area is 113 Å². The third kappa shape index (κ3) is 2.16. The van der Waals surface area contributed by atoms with Crippen molar-refractivity contribution in [2.75, 3.05) is 0 Å². The van der Waals surface area contributed by atoms with Crippen molar-refractivity contribution in [2.45, 2.75) is 45.1 Å². The maximum Gasteiger partial charge on any atom is 0.258 e. The number of hydrogen-bond acceptors (Lipinski definition) is 4. The Kier molecular flexibility index (Phi) is 2.90. The fourth-order valence-electron chi connectivity index (χ4n) is 2.73. The lowest BCUT2D eigenvalue weighted by Crippen LogP contribution is -2.34. The molecule has 2 aromatic rings. The predicted molar refractivity (Wildman–Crippen MR) is 73.5 cm³/mol. The molecular weight excluding hydrogens is 238 g/mol. The Balaban J connectivity index is 1.99. The van der Waals surface area contributed by atoms with Gasteiger partial charge in [-0.25, -0.2) is 0 Å². The van der Waals surface area contributed by atoms with Gasteiger partial charge >= 0.3 is 0 Å². The van der Waals surface area contributed by atoms with Crippen LogP contribution in [0.5, 0.6) is 0 Å². The second kappa shape index (κ2) is 4.46. The summed E-state index contributed by atoms with van der Waals surface area (Å²) < 4.78 is 5.42. The Bertz CT molecular complexity index is 597. The van der Waals surface area contributed by atoms with Gasteiger partial charge in [0, 0.05) is 5.56 Å². The Hall–Kier alpha value is -1.68. The van der Waals surface area contributed by atoms with Crippen LogP contribution in [-0.4, -0.2) is 10.1 Å². The zero-order chi connectivity index (χ0) is 13.5. The van der Waals surface area contributed by atoms with E-state index in [0.29, 0.717) is 11.7 Å². The summed E-state index contributed by atoms with van der Waals surface area (Å²) in [5.74, 6) is 1.23. The van der Waals surface area contributed by atoms with Gasteiger partial charge in [0.25, 0.3) is 5.89 Å². The molecule has 0 aliphatic heterocycles. The van der Waals surface area contributed by atoms with Crippen molar-refractivity contribution in [3.8, 4) is 11.5 Å². The Morgan fingerprint density at radius 3 is 2.68 bits per heavy atom. The van der Waals surface area contributed by atoms with E-state index < -0.39 is 0 Å². The van der Waals surface area contributed by atoms with Gasteiger partial charge in [0.05, 0.1) is 5.54 Å². The average molecular weight is 257 g/mol. The molecule has 1 saturated carbocycles. The summed E-state index contributed by atoms with van der Waals surface area (Å²) in [5, 5.41) is 4.11. The lowest BCUT2D eigenvalue weighted by molar-refractivity contribution is 0.372. The molecule has 0 radical (unpaired) electrons. The summed E-state index contributed by atoms with van der Waals surface area (Å²) in [6.45, 7) is 4.11. The van der Waals surface area contributed by atoms with E-state index in [-0.39, 0.29) is 5.54 Å². The SMILES string of the molecule is Cc1ccc(C)c(-c2nc(C3(N)CCCC3)no2)c1. The van der Waals surface area contributed by atoms with Crippen LogP contribution in [0.3, 0.4) is 0 Å². The van der Waals surface area contributed by atoms with Gasteiger partial charge in [0.15, 0.2) is 5.82 Å². The smallest absolute Gasteiger partial charge is 0.258 e. The molecule has 100 valence electrons. The summed E-state index contributed by atoms with van der Waals surface area (Å²) in [6, 6.07) is 6.23. The standard InChI is InChI=1S/C15H19N3O/c1-10-5-6-11(2)12(9-10)13-17-14(18-19-13)15(16)7-3-4-8-15/h5-6,9H,3-4,7-8,16H2,1-2H3. The van der Waals surface area contributed by atoms with E-state index in [1.807, 2.05) is 6.92 Å². The van der Waals surface area contributed by atoms with Gasteiger partial charge < -0.3 is 10.3 Å². The molecule has 0 saturated heterocycles. The number of hydrogen-bond donors (Lipinski definition) is 1. The molecule has 4 heteroatoms. The van der Waals surface area contributed by atoms with Crippen molar-refractivity contribution in [1.29, 1.82) is 0 Å². The highest BCUT2D eigenvalue weighted by Gasteiger charge is 2.36. The zero-order valence-electron chi connectivity index (χ0n) is 11.4. The van der Waals surface area contributed by atoms with Crippen LogP contribution in [0.25, 0.3) is 11.5 Å².